The molecule has 15 heteroatoms. The first-order valence-corrected chi connectivity index (χ1v) is 11.6. The Bertz CT molecular complexity index is 1430. The molecule has 0 atom stereocenters. The maximum atomic E-state index is 13.4. The van der Waals surface area contributed by atoms with Crippen molar-refractivity contribution in [3.8, 4) is 16.9 Å². The number of ether oxygens (including phenoxy) is 2. The van der Waals surface area contributed by atoms with E-state index in [-0.39, 0.29) is 28.5 Å². The summed E-state index contributed by atoms with van der Waals surface area (Å²) in [5, 5.41) is 9.83. The lowest BCUT2D eigenvalue weighted by molar-refractivity contribution is -0.143. The summed E-state index contributed by atoms with van der Waals surface area (Å²) < 4.78 is 130. The van der Waals surface area contributed by atoms with Gasteiger partial charge in [-0.3, -0.25) is 4.90 Å². The number of carboxylic acids is 1. The highest BCUT2D eigenvalue weighted by Crippen LogP contribution is 2.40. The highest BCUT2D eigenvalue weighted by atomic mass is 19.4. The maximum absolute atomic E-state index is 13.4. The summed E-state index contributed by atoms with van der Waals surface area (Å²) in [6.45, 7) is -1.66. The molecule has 3 aromatic carbocycles. The normalized spacial score (nSPS) is 12.2. The number of hydrogen-bond donors (Lipinski definition) is 1. The van der Waals surface area contributed by atoms with Gasteiger partial charge in [-0.15, -0.1) is 0 Å². The van der Waals surface area contributed by atoms with Gasteiger partial charge in [0.1, 0.15) is 5.75 Å². The zero-order valence-corrected chi connectivity index (χ0v) is 21.5. The summed E-state index contributed by atoms with van der Waals surface area (Å²) in [6.07, 6.45) is -16.3. The molecule has 6 nitrogen and oxygen atoms in total. The van der Waals surface area contributed by atoms with E-state index in [2.05, 4.69) is 4.74 Å². The van der Waals surface area contributed by atoms with E-state index in [0.717, 1.165) is 25.3 Å². The minimum Gasteiger partial charge on any atom is -0.496 e. The molecule has 0 fully saturated rings. The van der Waals surface area contributed by atoms with E-state index >= 15 is 0 Å². The third-order valence-corrected chi connectivity index (χ3v) is 6.03. The van der Waals surface area contributed by atoms with Crippen molar-refractivity contribution in [1.82, 2.24) is 4.90 Å². The van der Waals surface area contributed by atoms with Crippen LogP contribution in [0.3, 0.4) is 0 Å². The molecule has 0 aliphatic carbocycles. The van der Waals surface area contributed by atoms with Crippen LogP contribution in [0.25, 0.3) is 11.1 Å². The van der Waals surface area contributed by atoms with E-state index in [0.29, 0.717) is 29.2 Å². The molecular formula is C27H20F9NO5. The van der Waals surface area contributed by atoms with E-state index in [4.69, 9.17) is 4.74 Å². The molecule has 226 valence electrons. The standard InChI is InChI=1S/C27H20F9NO5/c1-41-21-8-7-19(23(38)39)20(22(21)15-3-5-16(6-4-15)25(28,29)30)13-37(24(40)42-2)12-14-9-17(26(31,32)33)11-18(10-14)27(34,35)36/h3-11H,12-13H2,1-2H3,(H,38,39). The third kappa shape index (κ3) is 7.25. The molecule has 0 saturated carbocycles. The number of benzene rings is 3. The Kier molecular flexibility index (Phi) is 9.03. The van der Waals surface area contributed by atoms with Crippen LogP contribution in [-0.2, 0) is 36.4 Å². The fourth-order valence-electron chi connectivity index (χ4n) is 4.14. The van der Waals surface area contributed by atoms with Crippen LogP contribution in [0.4, 0.5) is 44.3 Å². The second-order valence-corrected chi connectivity index (χ2v) is 8.79. The quantitative estimate of drug-likeness (QED) is 0.276. The lowest BCUT2D eigenvalue weighted by Gasteiger charge is -2.26. The van der Waals surface area contributed by atoms with E-state index in [1.807, 2.05) is 0 Å². The molecule has 0 unspecified atom stereocenters. The van der Waals surface area contributed by atoms with Crippen LogP contribution in [0.5, 0.6) is 5.75 Å². The van der Waals surface area contributed by atoms with Crippen molar-refractivity contribution < 1.29 is 63.7 Å². The van der Waals surface area contributed by atoms with Gasteiger partial charge in [-0.05, 0) is 59.2 Å². The smallest absolute Gasteiger partial charge is 0.416 e. The molecule has 0 aliphatic heterocycles. The first-order valence-electron chi connectivity index (χ1n) is 11.6. The van der Waals surface area contributed by atoms with Gasteiger partial charge in [-0.2, -0.15) is 39.5 Å². The molecule has 1 amide bonds. The Balaban J connectivity index is 2.20. The average Bonchev–Trinajstić information content (AvgIpc) is 2.90. The number of amides is 1. The number of carbonyl (C=O) groups is 2. The molecule has 0 aromatic heterocycles. The number of methoxy groups -OCH3 is 2. The van der Waals surface area contributed by atoms with Gasteiger partial charge in [-0.25, -0.2) is 9.59 Å². The van der Waals surface area contributed by atoms with Gasteiger partial charge >= 0.3 is 30.6 Å². The highest BCUT2D eigenvalue weighted by Gasteiger charge is 2.37. The first kappa shape index (κ1) is 32.1. The van der Waals surface area contributed by atoms with Crippen molar-refractivity contribution in [3.63, 3.8) is 0 Å². The summed E-state index contributed by atoms with van der Waals surface area (Å²) in [7, 11) is 2.05. The van der Waals surface area contributed by atoms with Crippen molar-refractivity contribution in [2.75, 3.05) is 14.2 Å². The van der Waals surface area contributed by atoms with Crippen LogP contribution < -0.4 is 4.74 Å². The number of hydrogen-bond acceptors (Lipinski definition) is 4. The van der Waals surface area contributed by atoms with E-state index in [1.54, 1.807) is 0 Å². The number of carboxylic acid groups (broad SMARTS) is 1. The highest BCUT2D eigenvalue weighted by molar-refractivity contribution is 5.94. The van der Waals surface area contributed by atoms with Crippen LogP contribution in [-0.4, -0.2) is 36.3 Å². The van der Waals surface area contributed by atoms with Gasteiger partial charge in [0.15, 0.2) is 0 Å². The van der Waals surface area contributed by atoms with E-state index < -0.39 is 71.5 Å². The monoisotopic (exact) mass is 609 g/mol. The van der Waals surface area contributed by atoms with Crippen LogP contribution in [0.1, 0.15) is 38.2 Å². The lowest BCUT2D eigenvalue weighted by Crippen LogP contribution is -2.31. The largest absolute Gasteiger partial charge is 0.496 e. The van der Waals surface area contributed by atoms with Crippen molar-refractivity contribution in [1.29, 1.82) is 0 Å². The van der Waals surface area contributed by atoms with Crippen molar-refractivity contribution >= 4 is 12.1 Å². The topological polar surface area (TPSA) is 76.1 Å². The number of aromatic carboxylic acids is 1. The third-order valence-electron chi connectivity index (χ3n) is 6.03. The number of alkyl halides is 9. The molecular weight excluding hydrogens is 589 g/mol. The van der Waals surface area contributed by atoms with Crippen LogP contribution in [0.2, 0.25) is 0 Å². The summed E-state index contributed by atoms with van der Waals surface area (Å²) in [4.78, 5) is 25.4. The number of nitrogens with zero attached hydrogens (tertiary/aromatic N) is 1. The van der Waals surface area contributed by atoms with Gasteiger partial charge in [0.05, 0.1) is 43.0 Å². The molecule has 42 heavy (non-hydrogen) atoms. The Labute approximate surface area is 231 Å². The fraction of sp³-hybridized carbons (Fsp3) is 0.259. The Morgan fingerprint density at radius 3 is 1.69 bits per heavy atom. The minimum atomic E-state index is -5.18. The molecule has 0 heterocycles. The zero-order valence-electron chi connectivity index (χ0n) is 21.5. The van der Waals surface area contributed by atoms with Gasteiger partial charge < -0.3 is 14.6 Å². The second kappa shape index (κ2) is 11.8. The molecule has 3 aromatic rings. The van der Waals surface area contributed by atoms with Gasteiger partial charge in [0, 0.05) is 12.1 Å². The summed E-state index contributed by atoms with van der Waals surface area (Å²) in [6, 6.07) is 6.41. The Morgan fingerprint density at radius 1 is 0.738 bits per heavy atom. The number of carbonyl (C=O) groups excluding carboxylic acids is 1. The van der Waals surface area contributed by atoms with Crippen molar-refractivity contribution in [2.24, 2.45) is 0 Å². The number of rotatable bonds is 7. The van der Waals surface area contributed by atoms with Gasteiger partial charge in [0.25, 0.3) is 0 Å². The molecule has 0 aliphatic rings. The minimum absolute atomic E-state index is 0.0150. The second-order valence-electron chi connectivity index (χ2n) is 8.79. The summed E-state index contributed by atoms with van der Waals surface area (Å²) in [5.74, 6) is -1.60. The SMILES string of the molecule is COC(=O)N(Cc1cc(C(F)(F)F)cc(C(F)(F)F)c1)Cc1c(C(=O)O)ccc(OC)c1-c1ccc(C(F)(F)F)cc1. The van der Waals surface area contributed by atoms with Crippen molar-refractivity contribution in [3.05, 3.63) is 88.0 Å². The first-order chi connectivity index (χ1) is 19.4. The molecule has 0 radical (unpaired) electrons. The van der Waals surface area contributed by atoms with Crippen LogP contribution in [0, 0.1) is 0 Å². The Morgan fingerprint density at radius 2 is 1.26 bits per heavy atom. The summed E-state index contributed by atoms with van der Waals surface area (Å²) >= 11 is 0. The molecule has 0 bridgehead atoms. The van der Waals surface area contributed by atoms with Gasteiger partial charge in [0.2, 0.25) is 0 Å². The van der Waals surface area contributed by atoms with Crippen molar-refractivity contribution in [2.45, 2.75) is 31.6 Å². The molecule has 0 saturated heterocycles. The van der Waals surface area contributed by atoms with Crippen LogP contribution in [0.15, 0.2) is 54.6 Å². The zero-order chi connectivity index (χ0) is 31.6. The fourth-order valence-corrected chi connectivity index (χ4v) is 4.14. The maximum Gasteiger partial charge on any atom is 0.416 e. The lowest BCUT2D eigenvalue weighted by atomic mass is 9.93. The average molecular weight is 609 g/mol. The summed E-state index contributed by atoms with van der Waals surface area (Å²) in [5.41, 5.74) is -5.71. The molecule has 3 rings (SSSR count). The molecule has 1 N–H and O–H groups in total. The Hall–Kier alpha value is -4.43. The van der Waals surface area contributed by atoms with Crippen LogP contribution >= 0.6 is 0 Å². The van der Waals surface area contributed by atoms with Gasteiger partial charge in [-0.1, -0.05) is 12.1 Å². The predicted octanol–water partition coefficient (Wildman–Crippen LogP) is 7.89. The van der Waals surface area contributed by atoms with E-state index in [9.17, 15) is 54.2 Å². The molecule has 0 spiro atoms. The van der Waals surface area contributed by atoms with E-state index in [1.165, 1.54) is 13.2 Å². The number of halogens is 9. The predicted molar refractivity (Wildman–Crippen MR) is 128 cm³/mol.